The third-order valence-electron chi connectivity index (χ3n) is 4.34. The molecule has 4 nitrogen and oxygen atoms in total. The van der Waals surface area contributed by atoms with Crippen molar-refractivity contribution in [3.8, 4) is 11.5 Å². The van der Waals surface area contributed by atoms with Gasteiger partial charge in [-0.1, -0.05) is 42.5 Å². The topological polar surface area (TPSA) is 35.9 Å². The third kappa shape index (κ3) is 3.86. The second kappa shape index (κ2) is 7.64. The average Bonchev–Trinajstić information content (AvgIpc) is 2.63. The molecular weight excluding hydrogens is 320 g/mol. The number of ether oxygens (including phenoxy) is 1. The number of piperazine rings is 1. The third-order valence-corrected chi connectivity index (χ3v) is 4.83. The summed E-state index contributed by atoms with van der Waals surface area (Å²) in [4.78, 5) is 5.49. The van der Waals surface area contributed by atoms with E-state index in [1.54, 1.807) is 19.2 Å². The number of phenolic OH excluding ortho intramolecular Hbond substituents is 1. The monoisotopic (exact) mass is 342 g/mol. The van der Waals surface area contributed by atoms with Gasteiger partial charge in [-0.15, -0.1) is 0 Å². The largest absolute Gasteiger partial charge is 0.504 e. The Morgan fingerprint density at radius 2 is 1.79 bits per heavy atom. The Balaban J connectivity index is 1.59. The van der Waals surface area contributed by atoms with Gasteiger partial charge < -0.3 is 14.7 Å². The summed E-state index contributed by atoms with van der Waals surface area (Å²) < 4.78 is 5.17. The maximum Gasteiger partial charge on any atom is 0.161 e. The summed E-state index contributed by atoms with van der Waals surface area (Å²) in [7, 11) is 1.55. The van der Waals surface area contributed by atoms with Crippen molar-refractivity contribution in [2.45, 2.75) is 6.54 Å². The number of nitrogens with zero attached hydrogens (tertiary/aromatic N) is 2. The van der Waals surface area contributed by atoms with Gasteiger partial charge in [-0.3, -0.25) is 4.90 Å². The predicted octanol–water partition coefficient (Wildman–Crippen LogP) is 2.89. The Labute approximate surface area is 148 Å². The lowest BCUT2D eigenvalue weighted by molar-refractivity contribution is 0.177. The van der Waals surface area contributed by atoms with E-state index in [4.69, 9.17) is 17.0 Å². The minimum absolute atomic E-state index is 0.136. The number of rotatable bonds is 4. The minimum Gasteiger partial charge on any atom is -0.504 e. The lowest BCUT2D eigenvalue weighted by Crippen LogP contribution is -2.48. The molecule has 0 bridgehead atoms. The summed E-state index contributed by atoms with van der Waals surface area (Å²) in [6.07, 6.45) is 0. The molecule has 24 heavy (non-hydrogen) atoms. The number of hydrogen-bond acceptors (Lipinski definition) is 4. The van der Waals surface area contributed by atoms with Crippen LogP contribution in [0.2, 0.25) is 0 Å². The van der Waals surface area contributed by atoms with Gasteiger partial charge in [0, 0.05) is 38.3 Å². The molecule has 1 heterocycles. The van der Waals surface area contributed by atoms with E-state index < -0.39 is 0 Å². The lowest BCUT2D eigenvalue weighted by atomic mass is 10.1. The molecular formula is C19H22N2O2S. The fraction of sp³-hybridized carbons (Fsp3) is 0.316. The van der Waals surface area contributed by atoms with Crippen molar-refractivity contribution in [2.24, 2.45) is 0 Å². The maximum atomic E-state index is 9.71. The summed E-state index contributed by atoms with van der Waals surface area (Å²) in [5.74, 6) is 0.592. The van der Waals surface area contributed by atoms with Gasteiger partial charge in [0.05, 0.1) is 7.11 Å². The number of aromatic hydroxyl groups is 1. The van der Waals surface area contributed by atoms with Crippen molar-refractivity contribution in [2.75, 3.05) is 33.3 Å². The van der Waals surface area contributed by atoms with Crippen LogP contribution in [0.1, 0.15) is 11.1 Å². The van der Waals surface area contributed by atoms with Crippen LogP contribution in [-0.2, 0) is 6.54 Å². The Kier molecular flexibility index (Phi) is 5.33. The molecule has 0 amide bonds. The Morgan fingerprint density at radius 1 is 1.08 bits per heavy atom. The van der Waals surface area contributed by atoms with E-state index in [-0.39, 0.29) is 5.75 Å². The summed E-state index contributed by atoms with van der Waals surface area (Å²) in [6.45, 7) is 4.78. The van der Waals surface area contributed by atoms with E-state index in [0.717, 1.165) is 43.3 Å². The first kappa shape index (κ1) is 16.7. The van der Waals surface area contributed by atoms with Gasteiger partial charge in [0.2, 0.25) is 0 Å². The van der Waals surface area contributed by atoms with Crippen LogP contribution in [0, 0.1) is 0 Å². The molecule has 2 aromatic rings. The second-order valence-electron chi connectivity index (χ2n) is 5.94. The van der Waals surface area contributed by atoms with Crippen molar-refractivity contribution >= 4 is 17.2 Å². The molecule has 1 aliphatic heterocycles. The Bertz CT molecular complexity index is 698. The molecule has 1 fully saturated rings. The van der Waals surface area contributed by atoms with Crippen molar-refractivity contribution in [3.05, 3.63) is 59.7 Å². The molecule has 2 aromatic carbocycles. The first-order valence-corrected chi connectivity index (χ1v) is 8.51. The number of thiocarbonyl (C=S) groups is 1. The minimum atomic E-state index is 0.136. The zero-order valence-electron chi connectivity index (χ0n) is 13.8. The van der Waals surface area contributed by atoms with Crippen LogP contribution in [0.5, 0.6) is 11.5 Å². The quantitative estimate of drug-likeness (QED) is 0.865. The number of phenols is 1. The number of methoxy groups -OCH3 is 1. The van der Waals surface area contributed by atoms with Crippen LogP contribution >= 0.6 is 12.2 Å². The van der Waals surface area contributed by atoms with E-state index >= 15 is 0 Å². The van der Waals surface area contributed by atoms with E-state index in [2.05, 4.69) is 34.1 Å². The van der Waals surface area contributed by atoms with Gasteiger partial charge in [-0.2, -0.15) is 0 Å². The SMILES string of the molecule is COc1cc(C(=S)N2CCN(Cc3ccccc3)CC2)ccc1O. The van der Waals surface area contributed by atoms with Crippen LogP contribution in [0.25, 0.3) is 0 Å². The zero-order valence-corrected chi connectivity index (χ0v) is 14.6. The van der Waals surface area contributed by atoms with Crippen LogP contribution in [-0.4, -0.2) is 53.2 Å². The lowest BCUT2D eigenvalue weighted by Gasteiger charge is -2.36. The summed E-state index contributed by atoms with van der Waals surface area (Å²) >= 11 is 5.63. The molecule has 1 aliphatic rings. The predicted molar refractivity (Wildman–Crippen MR) is 99.7 cm³/mol. The molecule has 0 spiro atoms. The molecule has 0 radical (unpaired) electrons. The molecule has 0 saturated carbocycles. The highest BCUT2D eigenvalue weighted by Gasteiger charge is 2.20. The van der Waals surface area contributed by atoms with E-state index in [1.165, 1.54) is 5.56 Å². The Morgan fingerprint density at radius 3 is 2.46 bits per heavy atom. The van der Waals surface area contributed by atoms with Gasteiger partial charge >= 0.3 is 0 Å². The molecule has 5 heteroatoms. The molecule has 0 aromatic heterocycles. The average molecular weight is 342 g/mol. The summed E-state index contributed by atoms with van der Waals surface area (Å²) in [6, 6.07) is 15.8. The van der Waals surface area contributed by atoms with Crippen LogP contribution in [0.15, 0.2) is 48.5 Å². The van der Waals surface area contributed by atoms with Gasteiger partial charge in [0.25, 0.3) is 0 Å². The van der Waals surface area contributed by atoms with Crippen LogP contribution < -0.4 is 4.74 Å². The first-order chi connectivity index (χ1) is 11.7. The van der Waals surface area contributed by atoms with E-state index in [9.17, 15) is 5.11 Å². The van der Waals surface area contributed by atoms with Crippen LogP contribution in [0.3, 0.4) is 0 Å². The smallest absolute Gasteiger partial charge is 0.161 e. The van der Waals surface area contributed by atoms with Gasteiger partial charge in [0.15, 0.2) is 11.5 Å². The zero-order chi connectivity index (χ0) is 16.9. The highest BCUT2D eigenvalue weighted by molar-refractivity contribution is 7.80. The highest BCUT2D eigenvalue weighted by atomic mass is 32.1. The van der Waals surface area contributed by atoms with E-state index in [0.29, 0.717) is 5.75 Å². The van der Waals surface area contributed by atoms with Crippen LogP contribution in [0.4, 0.5) is 0 Å². The fourth-order valence-corrected chi connectivity index (χ4v) is 3.25. The molecule has 126 valence electrons. The highest BCUT2D eigenvalue weighted by Crippen LogP contribution is 2.27. The van der Waals surface area contributed by atoms with Gasteiger partial charge in [-0.25, -0.2) is 0 Å². The molecule has 0 unspecified atom stereocenters. The second-order valence-corrected chi connectivity index (χ2v) is 6.33. The van der Waals surface area contributed by atoms with Crippen molar-refractivity contribution in [3.63, 3.8) is 0 Å². The Hall–Kier alpha value is -2.11. The van der Waals surface area contributed by atoms with E-state index in [1.807, 2.05) is 12.1 Å². The van der Waals surface area contributed by atoms with Gasteiger partial charge in [0.1, 0.15) is 4.99 Å². The molecule has 0 atom stereocenters. The fourth-order valence-electron chi connectivity index (χ4n) is 2.94. The van der Waals surface area contributed by atoms with Crippen molar-refractivity contribution < 1.29 is 9.84 Å². The summed E-state index contributed by atoms with van der Waals surface area (Å²) in [5, 5.41) is 9.71. The number of hydrogen-bond donors (Lipinski definition) is 1. The molecule has 3 rings (SSSR count). The normalized spacial score (nSPS) is 15.3. The molecule has 0 aliphatic carbocycles. The van der Waals surface area contributed by atoms with Crippen molar-refractivity contribution in [1.29, 1.82) is 0 Å². The van der Waals surface area contributed by atoms with Gasteiger partial charge in [-0.05, 0) is 23.8 Å². The first-order valence-electron chi connectivity index (χ1n) is 8.10. The summed E-state index contributed by atoms with van der Waals surface area (Å²) in [5.41, 5.74) is 2.26. The molecule has 1 saturated heterocycles. The molecule has 1 N–H and O–H groups in total. The standard InChI is InChI=1S/C19H22N2O2S/c1-23-18-13-16(7-8-17(18)22)19(24)21-11-9-20(10-12-21)14-15-5-3-2-4-6-15/h2-8,13,22H,9-12,14H2,1H3. The van der Waals surface area contributed by atoms with Crippen molar-refractivity contribution in [1.82, 2.24) is 9.80 Å². The maximum absolute atomic E-state index is 9.71. The number of benzene rings is 2.